The van der Waals surface area contributed by atoms with Crippen LogP contribution in [0.4, 0.5) is 4.79 Å². The Hall–Kier alpha value is -1.75. The summed E-state index contributed by atoms with van der Waals surface area (Å²) >= 11 is 0. The number of carbonyl (C=O) groups is 1. The predicted octanol–water partition coefficient (Wildman–Crippen LogP) is 3.34. The molecule has 1 unspecified atom stereocenters. The highest BCUT2D eigenvalue weighted by Gasteiger charge is 2.31. The minimum absolute atomic E-state index is 0.228. The lowest BCUT2D eigenvalue weighted by atomic mass is 9.79. The van der Waals surface area contributed by atoms with Crippen molar-refractivity contribution in [2.24, 2.45) is 5.92 Å². The second kappa shape index (κ2) is 7.88. The first-order valence-electron chi connectivity index (χ1n) is 8.72. The van der Waals surface area contributed by atoms with E-state index < -0.39 is 5.60 Å². The average molecular weight is 334 g/mol. The molecule has 0 radical (unpaired) electrons. The molecule has 1 fully saturated rings. The van der Waals surface area contributed by atoms with Crippen LogP contribution >= 0.6 is 0 Å². The van der Waals surface area contributed by atoms with E-state index in [2.05, 4.69) is 5.32 Å². The number of hydrogen-bond acceptors (Lipinski definition) is 4. The monoisotopic (exact) mass is 334 g/mol. The summed E-state index contributed by atoms with van der Waals surface area (Å²) in [6.45, 7) is 7.88. The molecule has 1 aromatic carbocycles. The van der Waals surface area contributed by atoms with Gasteiger partial charge in [0.15, 0.2) is 0 Å². The van der Waals surface area contributed by atoms with Crippen molar-refractivity contribution < 1.29 is 14.6 Å². The second-order valence-electron chi connectivity index (χ2n) is 7.53. The van der Waals surface area contributed by atoms with Crippen LogP contribution < -0.4 is 5.32 Å². The molecule has 0 aromatic heterocycles. The number of piperidine rings is 1. The van der Waals surface area contributed by atoms with Crippen LogP contribution in [0, 0.1) is 5.92 Å². The van der Waals surface area contributed by atoms with Gasteiger partial charge in [-0.15, -0.1) is 0 Å². The van der Waals surface area contributed by atoms with Crippen molar-refractivity contribution in [3.8, 4) is 5.75 Å². The first kappa shape index (κ1) is 18.6. The number of rotatable bonds is 4. The van der Waals surface area contributed by atoms with E-state index in [0.29, 0.717) is 24.8 Å². The summed E-state index contributed by atoms with van der Waals surface area (Å²) < 4.78 is 5.46. The maximum atomic E-state index is 12.2. The SMILES string of the molecule is CNCC(c1ccccc1O)C1CCN(C(=O)OC(C)(C)C)CC1. The third kappa shape index (κ3) is 4.87. The molecule has 5 nitrogen and oxygen atoms in total. The Morgan fingerprint density at radius 2 is 1.96 bits per heavy atom. The van der Waals surface area contributed by atoms with Crippen LogP contribution in [0.3, 0.4) is 0 Å². The van der Waals surface area contributed by atoms with Crippen molar-refractivity contribution in [2.75, 3.05) is 26.7 Å². The lowest BCUT2D eigenvalue weighted by molar-refractivity contribution is 0.0173. The Balaban J connectivity index is 2.01. The fourth-order valence-corrected chi connectivity index (χ4v) is 3.36. The summed E-state index contributed by atoms with van der Waals surface area (Å²) in [4.78, 5) is 14.0. The fraction of sp³-hybridized carbons (Fsp3) is 0.632. The van der Waals surface area contributed by atoms with Crippen LogP contribution in [-0.2, 0) is 4.74 Å². The smallest absolute Gasteiger partial charge is 0.410 e. The Labute approximate surface area is 145 Å². The van der Waals surface area contributed by atoms with E-state index in [-0.39, 0.29) is 12.0 Å². The maximum absolute atomic E-state index is 12.2. The molecular weight excluding hydrogens is 304 g/mol. The Morgan fingerprint density at radius 3 is 2.50 bits per heavy atom. The number of likely N-dealkylation sites (tertiary alicyclic amines) is 1. The van der Waals surface area contributed by atoms with Gasteiger partial charge in [0.25, 0.3) is 0 Å². The highest BCUT2D eigenvalue weighted by molar-refractivity contribution is 5.68. The lowest BCUT2D eigenvalue weighted by Crippen LogP contribution is -2.43. The number of ether oxygens (including phenoxy) is 1. The van der Waals surface area contributed by atoms with Gasteiger partial charge in [0, 0.05) is 25.6 Å². The number of phenolic OH excluding ortho intramolecular Hbond substituents is 1. The minimum atomic E-state index is -0.460. The Bertz CT molecular complexity index is 546. The number of amides is 1. The number of hydrogen-bond donors (Lipinski definition) is 2. The molecule has 1 amide bonds. The first-order valence-corrected chi connectivity index (χ1v) is 8.72. The molecular formula is C19H30N2O3. The van der Waals surface area contributed by atoms with Crippen LogP contribution in [0.2, 0.25) is 0 Å². The molecule has 0 saturated carbocycles. The van der Waals surface area contributed by atoms with E-state index in [1.807, 2.05) is 46.0 Å². The molecule has 134 valence electrons. The number of nitrogens with one attached hydrogen (secondary N) is 1. The van der Waals surface area contributed by atoms with E-state index >= 15 is 0 Å². The molecule has 0 spiro atoms. The van der Waals surface area contributed by atoms with Crippen LogP contribution in [-0.4, -0.2) is 48.4 Å². The third-order valence-corrected chi connectivity index (χ3v) is 4.52. The normalized spacial score (nSPS) is 17.6. The molecule has 0 bridgehead atoms. The number of benzene rings is 1. The molecule has 1 aliphatic heterocycles. The molecule has 1 aliphatic rings. The molecule has 24 heavy (non-hydrogen) atoms. The predicted molar refractivity (Wildman–Crippen MR) is 95.3 cm³/mol. The summed E-state index contributed by atoms with van der Waals surface area (Å²) in [6, 6.07) is 7.55. The van der Waals surface area contributed by atoms with Gasteiger partial charge in [-0.25, -0.2) is 4.79 Å². The van der Waals surface area contributed by atoms with Crippen molar-refractivity contribution in [1.82, 2.24) is 10.2 Å². The zero-order valence-corrected chi connectivity index (χ0v) is 15.2. The highest BCUT2D eigenvalue weighted by atomic mass is 16.6. The van der Waals surface area contributed by atoms with E-state index in [9.17, 15) is 9.90 Å². The summed E-state index contributed by atoms with van der Waals surface area (Å²) in [5.74, 6) is 1.04. The molecule has 5 heteroatoms. The van der Waals surface area contributed by atoms with E-state index in [1.165, 1.54) is 0 Å². The van der Waals surface area contributed by atoms with Crippen molar-refractivity contribution >= 4 is 6.09 Å². The summed E-state index contributed by atoms with van der Waals surface area (Å²) in [6.07, 6.45) is 1.61. The molecule has 1 atom stereocenters. The zero-order chi connectivity index (χ0) is 17.7. The van der Waals surface area contributed by atoms with Crippen molar-refractivity contribution in [1.29, 1.82) is 0 Å². The fourth-order valence-electron chi connectivity index (χ4n) is 3.36. The summed E-state index contributed by atoms with van der Waals surface area (Å²) in [5, 5.41) is 13.4. The second-order valence-corrected chi connectivity index (χ2v) is 7.53. The molecule has 1 heterocycles. The third-order valence-electron chi connectivity index (χ3n) is 4.52. The van der Waals surface area contributed by atoms with Gasteiger partial charge in [0.05, 0.1) is 0 Å². The zero-order valence-electron chi connectivity index (χ0n) is 15.2. The standard InChI is InChI=1S/C19H30N2O3/c1-19(2,3)24-18(23)21-11-9-14(10-12-21)16(13-20-4)15-7-5-6-8-17(15)22/h5-8,14,16,20,22H,9-13H2,1-4H3. The number of para-hydroxylation sites is 1. The van der Waals surface area contributed by atoms with Gasteiger partial charge in [0.2, 0.25) is 0 Å². The molecule has 2 rings (SSSR count). The quantitative estimate of drug-likeness (QED) is 0.886. The number of aromatic hydroxyl groups is 1. The number of phenols is 1. The largest absolute Gasteiger partial charge is 0.508 e. The first-order chi connectivity index (χ1) is 11.3. The Morgan fingerprint density at radius 1 is 1.33 bits per heavy atom. The number of carbonyl (C=O) groups excluding carboxylic acids is 1. The van der Waals surface area contributed by atoms with Crippen LogP contribution in [0.15, 0.2) is 24.3 Å². The van der Waals surface area contributed by atoms with Crippen molar-refractivity contribution in [3.05, 3.63) is 29.8 Å². The van der Waals surface area contributed by atoms with E-state index in [0.717, 1.165) is 24.9 Å². The minimum Gasteiger partial charge on any atom is -0.508 e. The van der Waals surface area contributed by atoms with Gasteiger partial charge in [-0.3, -0.25) is 0 Å². The number of likely N-dealkylation sites (N-methyl/N-ethyl adjacent to an activating group) is 1. The van der Waals surface area contributed by atoms with Gasteiger partial charge in [-0.2, -0.15) is 0 Å². The summed E-state index contributed by atoms with van der Waals surface area (Å²) in [7, 11) is 1.93. The lowest BCUT2D eigenvalue weighted by Gasteiger charge is -2.37. The molecule has 1 saturated heterocycles. The van der Waals surface area contributed by atoms with Crippen molar-refractivity contribution in [2.45, 2.75) is 45.1 Å². The Kier molecular flexibility index (Phi) is 6.10. The van der Waals surface area contributed by atoms with Crippen LogP contribution in [0.5, 0.6) is 5.75 Å². The van der Waals surface area contributed by atoms with E-state index in [1.54, 1.807) is 11.0 Å². The maximum Gasteiger partial charge on any atom is 0.410 e. The topological polar surface area (TPSA) is 61.8 Å². The van der Waals surface area contributed by atoms with E-state index in [4.69, 9.17) is 4.74 Å². The van der Waals surface area contributed by atoms with Crippen LogP contribution in [0.25, 0.3) is 0 Å². The van der Waals surface area contributed by atoms with Crippen molar-refractivity contribution in [3.63, 3.8) is 0 Å². The molecule has 2 N–H and O–H groups in total. The van der Waals surface area contributed by atoms with Crippen LogP contribution in [0.1, 0.15) is 45.1 Å². The molecule has 0 aliphatic carbocycles. The van der Waals surface area contributed by atoms with Gasteiger partial charge in [-0.05, 0) is 58.2 Å². The highest BCUT2D eigenvalue weighted by Crippen LogP contribution is 2.36. The number of nitrogens with zero attached hydrogens (tertiary/aromatic N) is 1. The van der Waals surface area contributed by atoms with Gasteiger partial charge >= 0.3 is 6.09 Å². The summed E-state index contributed by atoms with van der Waals surface area (Å²) in [5.41, 5.74) is 0.529. The van der Waals surface area contributed by atoms with Gasteiger partial charge in [-0.1, -0.05) is 18.2 Å². The van der Waals surface area contributed by atoms with Gasteiger partial charge < -0.3 is 20.1 Å². The van der Waals surface area contributed by atoms with Gasteiger partial charge in [0.1, 0.15) is 11.4 Å². The molecule has 1 aromatic rings. The average Bonchev–Trinajstić information content (AvgIpc) is 2.52.